The zero-order valence-corrected chi connectivity index (χ0v) is 11.3. The van der Waals surface area contributed by atoms with E-state index in [0.29, 0.717) is 4.90 Å². The van der Waals surface area contributed by atoms with Crippen LogP contribution in [-0.2, 0) is 4.79 Å². The van der Waals surface area contributed by atoms with Gasteiger partial charge in [-0.25, -0.2) is 22.0 Å². The molecule has 0 radical (unpaired) electrons. The van der Waals surface area contributed by atoms with E-state index in [1.54, 1.807) is 19.0 Å². The van der Waals surface area contributed by atoms with Crippen molar-refractivity contribution in [3.8, 4) is 0 Å². The molecule has 1 aromatic carbocycles. The molecule has 0 amide bonds. The molecule has 1 N–H and O–H groups in total. The summed E-state index contributed by atoms with van der Waals surface area (Å²) >= 11 is 0. The number of nitrogens with zero attached hydrogens (tertiary/aromatic N) is 2. The monoisotopic (exact) mass is 312 g/mol. The first kappa shape index (κ1) is 17.2. The lowest BCUT2D eigenvalue weighted by molar-refractivity contribution is -0.135. The van der Waals surface area contributed by atoms with Crippen molar-refractivity contribution in [2.45, 2.75) is 0 Å². The fourth-order valence-electron chi connectivity index (χ4n) is 1.62. The number of carbonyl (C=O) groups is 1. The molecule has 0 heterocycles. The van der Waals surface area contributed by atoms with Crippen molar-refractivity contribution in [2.24, 2.45) is 0 Å². The molecule has 0 aromatic heterocycles. The lowest BCUT2D eigenvalue weighted by Gasteiger charge is -2.25. The average Bonchev–Trinajstić information content (AvgIpc) is 2.39. The SMILES string of the molecule is CN(C)CCN(CC(=O)O)c1c(F)c(F)c(F)c(F)c1F. The zero-order valence-electron chi connectivity index (χ0n) is 11.3. The van der Waals surface area contributed by atoms with Crippen LogP contribution in [0.4, 0.5) is 27.6 Å². The van der Waals surface area contributed by atoms with Gasteiger partial charge in [-0.1, -0.05) is 0 Å². The predicted molar refractivity (Wildman–Crippen MR) is 64.6 cm³/mol. The van der Waals surface area contributed by atoms with Crippen LogP contribution in [0.3, 0.4) is 0 Å². The summed E-state index contributed by atoms with van der Waals surface area (Å²) in [6.45, 7) is -0.962. The summed E-state index contributed by atoms with van der Waals surface area (Å²) in [7, 11) is 3.22. The molecular formula is C12H13F5N2O2. The van der Waals surface area contributed by atoms with Gasteiger partial charge in [0.25, 0.3) is 0 Å². The van der Waals surface area contributed by atoms with Crippen LogP contribution in [0.2, 0.25) is 0 Å². The van der Waals surface area contributed by atoms with Gasteiger partial charge >= 0.3 is 5.97 Å². The van der Waals surface area contributed by atoms with Crippen LogP contribution < -0.4 is 4.90 Å². The van der Waals surface area contributed by atoms with Crippen LogP contribution in [0.5, 0.6) is 0 Å². The smallest absolute Gasteiger partial charge is 0.323 e. The Balaban J connectivity index is 3.32. The fourth-order valence-corrected chi connectivity index (χ4v) is 1.62. The van der Waals surface area contributed by atoms with E-state index in [1.165, 1.54) is 0 Å². The second kappa shape index (κ2) is 6.70. The van der Waals surface area contributed by atoms with Crippen LogP contribution in [-0.4, -0.2) is 49.7 Å². The summed E-state index contributed by atoms with van der Waals surface area (Å²) in [6.07, 6.45) is 0. The Morgan fingerprint density at radius 1 is 0.905 bits per heavy atom. The van der Waals surface area contributed by atoms with Gasteiger partial charge in [-0.15, -0.1) is 0 Å². The van der Waals surface area contributed by atoms with Crippen LogP contribution in [0.25, 0.3) is 0 Å². The maximum Gasteiger partial charge on any atom is 0.323 e. The molecule has 0 saturated carbocycles. The van der Waals surface area contributed by atoms with Gasteiger partial charge in [0.2, 0.25) is 5.82 Å². The Morgan fingerprint density at radius 3 is 1.71 bits per heavy atom. The number of hydrogen-bond acceptors (Lipinski definition) is 3. The third kappa shape index (κ3) is 3.81. The van der Waals surface area contributed by atoms with Gasteiger partial charge in [-0.2, -0.15) is 0 Å². The first-order valence-electron chi connectivity index (χ1n) is 5.79. The molecule has 9 heteroatoms. The van der Waals surface area contributed by atoms with E-state index in [1.807, 2.05) is 0 Å². The first-order chi connectivity index (χ1) is 9.66. The van der Waals surface area contributed by atoms with Crippen LogP contribution in [0, 0.1) is 29.1 Å². The number of carboxylic acids is 1. The van der Waals surface area contributed by atoms with Crippen molar-refractivity contribution < 1.29 is 31.9 Å². The molecule has 0 aliphatic carbocycles. The van der Waals surface area contributed by atoms with Gasteiger partial charge in [-0.05, 0) is 14.1 Å². The van der Waals surface area contributed by atoms with Crippen LogP contribution in [0.15, 0.2) is 0 Å². The molecule has 1 aromatic rings. The quantitative estimate of drug-likeness (QED) is 0.494. The maximum absolute atomic E-state index is 13.7. The molecular weight excluding hydrogens is 299 g/mol. The minimum atomic E-state index is -2.28. The summed E-state index contributed by atoms with van der Waals surface area (Å²) in [6, 6.07) is 0. The maximum atomic E-state index is 13.7. The van der Waals surface area contributed by atoms with Gasteiger partial charge in [0.15, 0.2) is 23.3 Å². The molecule has 0 unspecified atom stereocenters. The topological polar surface area (TPSA) is 43.8 Å². The zero-order chi connectivity index (χ0) is 16.3. The van der Waals surface area contributed by atoms with E-state index in [0.717, 1.165) is 0 Å². The molecule has 0 aliphatic rings. The summed E-state index contributed by atoms with van der Waals surface area (Å²) < 4.78 is 66.6. The van der Waals surface area contributed by atoms with Crippen LogP contribution in [0.1, 0.15) is 0 Å². The Labute approximate surface area is 117 Å². The molecule has 4 nitrogen and oxygen atoms in total. The van der Waals surface area contributed by atoms with Crippen molar-refractivity contribution in [2.75, 3.05) is 38.6 Å². The van der Waals surface area contributed by atoms with E-state index in [-0.39, 0.29) is 13.1 Å². The Hall–Kier alpha value is -1.90. The molecule has 21 heavy (non-hydrogen) atoms. The Morgan fingerprint density at radius 2 is 1.33 bits per heavy atom. The number of rotatable bonds is 6. The summed E-state index contributed by atoms with van der Waals surface area (Å²) in [5.74, 6) is -12.1. The minimum absolute atomic E-state index is 0.159. The summed E-state index contributed by atoms with van der Waals surface area (Å²) in [5, 5.41) is 8.72. The van der Waals surface area contributed by atoms with Crippen molar-refractivity contribution in [3.63, 3.8) is 0 Å². The third-order valence-corrected chi connectivity index (χ3v) is 2.65. The number of likely N-dealkylation sites (N-methyl/N-ethyl adjacent to an activating group) is 1. The van der Waals surface area contributed by atoms with Gasteiger partial charge in [0.1, 0.15) is 12.2 Å². The van der Waals surface area contributed by atoms with Gasteiger partial charge in [0, 0.05) is 13.1 Å². The highest BCUT2D eigenvalue weighted by molar-refractivity contribution is 5.74. The normalized spacial score (nSPS) is 11.0. The lowest BCUT2D eigenvalue weighted by Crippen LogP contribution is -2.37. The molecule has 1 rings (SSSR count). The van der Waals surface area contributed by atoms with Gasteiger partial charge in [-0.3, -0.25) is 4.79 Å². The second-order valence-corrected chi connectivity index (χ2v) is 4.54. The van der Waals surface area contributed by atoms with E-state index in [4.69, 9.17) is 5.11 Å². The van der Waals surface area contributed by atoms with Gasteiger partial charge < -0.3 is 14.9 Å². The first-order valence-corrected chi connectivity index (χ1v) is 5.79. The summed E-state index contributed by atoms with van der Waals surface area (Å²) in [4.78, 5) is 12.9. The van der Waals surface area contributed by atoms with Crippen molar-refractivity contribution in [1.29, 1.82) is 0 Å². The number of aliphatic carboxylic acids is 1. The summed E-state index contributed by atoms with van der Waals surface area (Å²) in [5.41, 5.74) is -1.24. The predicted octanol–water partition coefficient (Wildman–Crippen LogP) is 1.83. The highest BCUT2D eigenvalue weighted by atomic mass is 19.2. The standard InChI is InChI=1S/C12H13F5N2O2/c1-18(2)3-4-19(5-6(20)21)12-10(16)8(14)7(13)9(15)11(12)17/h3-5H2,1-2H3,(H,20,21). The van der Waals surface area contributed by atoms with Gasteiger partial charge in [0.05, 0.1) is 0 Å². The highest BCUT2D eigenvalue weighted by Gasteiger charge is 2.29. The van der Waals surface area contributed by atoms with E-state index in [2.05, 4.69) is 0 Å². The second-order valence-electron chi connectivity index (χ2n) is 4.54. The van der Waals surface area contributed by atoms with Crippen molar-refractivity contribution in [3.05, 3.63) is 29.1 Å². The number of benzene rings is 1. The molecule has 0 fully saturated rings. The van der Waals surface area contributed by atoms with E-state index < -0.39 is 47.3 Å². The Bertz CT molecular complexity index is 522. The third-order valence-electron chi connectivity index (χ3n) is 2.65. The number of carboxylic acid groups (broad SMARTS) is 1. The van der Waals surface area contributed by atoms with Crippen molar-refractivity contribution >= 4 is 11.7 Å². The number of hydrogen-bond donors (Lipinski definition) is 1. The minimum Gasteiger partial charge on any atom is -0.480 e. The fraction of sp³-hybridized carbons (Fsp3) is 0.417. The molecule has 0 atom stereocenters. The lowest BCUT2D eigenvalue weighted by atomic mass is 10.2. The van der Waals surface area contributed by atoms with Crippen molar-refractivity contribution in [1.82, 2.24) is 4.90 Å². The molecule has 118 valence electrons. The number of anilines is 1. The van der Waals surface area contributed by atoms with E-state index in [9.17, 15) is 26.7 Å². The number of halogens is 5. The van der Waals surface area contributed by atoms with Crippen LogP contribution >= 0.6 is 0 Å². The molecule has 0 saturated heterocycles. The highest BCUT2D eigenvalue weighted by Crippen LogP contribution is 2.30. The average molecular weight is 312 g/mol. The largest absolute Gasteiger partial charge is 0.480 e. The molecule has 0 aliphatic heterocycles. The molecule has 0 bridgehead atoms. The Kier molecular flexibility index (Phi) is 5.47. The molecule has 0 spiro atoms. The van der Waals surface area contributed by atoms with E-state index >= 15 is 0 Å².